The van der Waals surface area contributed by atoms with E-state index in [2.05, 4.69) is 9.97 Å². The molecule has 2 aromatic carbocycles. The van der Waals surface area contributed by atoms with Gasteiger partial charge in [-0.25, -0.2) is 14.8 Å². The number of nitrogens with zero attached hydrogens (tertiary/aromatic N) is 2. The van der Waals surface area contributed by atoms with Gasteiger partial charge in [0.25, 0.3) is 0 Å². The van der Waals surface area contributed by atoms with Gasteiger partial charge < -0.3 is 9.47 Å². The molecular weight excluding hydrogens is 373 g/mol. The number of alkyl halides is 3. The first-order valence-electron chi connectivity index (χ1n) is 8.63. The maximum absolute atomic E-state index is 13.7. The Hall–Kier alpha value is -3.16. The van der Waals surface area contributed by atoms with Crippen LogP contribution in [0, 0.1) is 0 Å². The lowest BCUT2D eigenvalue weighted by Gasteiger charge is -2.15. The minimum Gasteiger partial charge on any atom is -0.476 e. The molecule has 0 fully saturated rings. The molecule has 0 unspecified atom stereocenters. The number of esters is 1. The fourth-order valence-electron chi connectivity index (χ4n) is 2.75. The summed E-state index contributed by atoms with van der Waals surface area (Å²) in [5.74, 6) is -0.907. The van der Waals surface area contributed by atoms with Gasteiger partial charge in [0.2, 0.25) is 11.6 Å². The standard InChI is InChI=1S/C20H17F3N2O3/c1-3-27-18-17(19(26)28-4-2)24-15-10-13(12-8-6-5-7-9-12)14(20(21,22)23)11-16(15)25-18/h5-11H,3-4H2,1-2H3. The van der Waals surface area contributed by atoms with E-state index in [0.29, 0.717) is 5.56 Å². The molecule has 0 aliphatic rings. The van der Waals surface area contributed by atoms with Crippen molar-refractivity contribution in [3.05, 3.63) is 53.7 Å². The van der Waals surface area contributed by atoms with Gasteiger partial charge in [-0.1, -0.05) is 30.3 Å². The van der Waals surface area contributed by atoms with Crippen molar-refractivity contribution in [3.8, 4) is 17.0 Å². The Morgan fingerprint density at radius 3 is 2.29 bits per heavy atom. The monoisotopic (exact) mass is 390 g/mol. The molecule has 0 radical (unpaired) electrons. The van der Waals surface area contributed by atoms with E-state index in [-0.39, 0.29) is 41.4 Å². The number of carbonyl (C=O) groups excluding carboxylic acids is 1. The van der Waals surface area contributed by atoms with E-state index in [1.165, 1.54) is 6.07 Å². The minimum atomic E-state index is -4.59. The Balaban J connectivity index is 2.29. The van der Waals surface area contributed by atoms with E-state index in [1.807, 2.05) is 0 Å². The predicted octanol–water partition coefficient (Wildman–Crippen LogP) is 4.89. The number of carbonyl (C=O) groups is 1. The number of halogens is 3. The van der Waals surface area contributed by atoms with Crippen LogP contribution in [0.25, 0.3) is 22.2 Å². The predicted molar refractivity (Wildman–Crippen MR) is 97.1 cm³/mol. The molecular formula is C20H17F3N2O3. The van der Waals surface area contributed by atoms with Crippen LogP contribution in [0.5, 0.6) is 5.88 Å². The summed E-state index contributed by atoms with van der Waals surface area (Å²) >= 11 is 0. The summed E-state index contributed by atoms with van der Waals surface area (Å²) in [5.41, 5.74) is -0.567. The van der Waals surface area contributed by atoms with Crippen LogP contribution in [0.4, 0.5) is 13.2 Å². The first-order valence-corrected chi connectivity index (χ1v) is 8.63. The average Bonchev–Trinajstić information content (AvgIpc) is 2.67. The highest BCUT2D eigenvalue weighted by Crippen LogP contribution is 2.39. The molecule has 0 N–H and O–H groups in total. The van der Waals surface area contributed by atoms with Crippen molar-refractivity contribution in [2.24, 2.45) is 0 Å². The second-order valence-electron chi connectivity index (χ2n) is 5.78. The molecule has 146 valence electrons. The van der Waals surface area contributed by atoms with Crippen molar-refractivity contribution in [1.82, 2.24) is 9.97 Å². The molecule has 0 saturated carbocycles. The molecule has 1 aromatic heterocycles. The highest BCUT2D eigenvalue weighted by molar-refractivity contribution is 5.93. The lowest BCUT2D eigenvalue weighted by atomic mass is 9.98. The van der Waals surface area contributed by atoms with Gasteiger partial charge in [-0.15, -0.1) is 0 Å². The first kappa shape index (κ1) is 19.6. The normalized spacial score (nSPS) is 11.5. The average molecular weight is 390 g/mol. The third kappa shape index (κ3) is 3.90. The highest BCUT2D eigenvalue weighted by atomic mass is 19.4. The lowest BCUT2D eigenvalue weighted by molar-refractivity contribution is -0.137. The van der Waals surface area contributed by atoms with Gasteiger partial charge in [-0.2, -0.15) is 13.2 Å². The van der Waals surface area contributed by atoms with E-state index in [9.17, 15) is 18.0 Å². The Labute approximate surface area is 159 Å². The summed E-state index contributed by atoms with van der Waals surface area (Å²) < 4.78 is 51.2. The van der Waals surface area contributed by atoms with E-state index in [4.69, 9.17) is 9.47 Å². The Bertz CT molecular complexity index is 1000. The smallest absolute Gasteiger partial charge is 0.417 e. The summed E-state index contributed by atoms with van der Waals surface area (Å²) in [7, 11) is 0. The maximum atomic E-state index is 13.7. The molecule has 0 bridgehead atoms. The Morgan fingerprint density at radius 1 is 1.00 bits per heavy atom. The Morgan fingerprint density at radius 2 is 1.68 bits per heavy atom. The van der Waals surface area contributed by atoms with Crippen molar-refractivity contribution in [3.63, 3.8) is 0 Å². The summed E-state index contributed by atoms with van der Waals surface area (Å²) in [5, 5.41) is 0. The summed E-state index contributed by atoms with van der Waals surface area (Å²) in [4.78, 5) is 20.5. The van der Waals surface area contributed by atoms with E-state index in [1.54, 1.807) is 44.2 Å². The van der Waals surface area contributed by atoms with Crippen LogP contribution >= 0.6 is 0 Å². The number of aromatic nitrogens is 2. The van der Waals surface area contributed by atoms with Crippen LogP contribution in [0.3, 0.4) is 0 Å². The van der Waals surface area contributed by atoms with Crippen molar-refractivity contribution in [2.75, 3.05) is 13.2 Å². The van der Waals surface area contributed by atoms with Crippen LogP contribution in [0.1, 0.15) is 29.9 Å². The molecule has 0 amide bonds. The molecule has 3 rings (SSSR count). The van der Waals surface area contributed by atoms with Crippen LogP contribution in [-0.2, 0) is 10.9 Å². The number of hydrogen-bond donors (Lipinski definition) is 0. The third-order valence-electron chi connectivity index (χ3n) is 3.91. The molecule has 28 heavy (non-hydrogen) atoms. The topological polar surface area (TPSA) is 61.3 Å². The zero-order valence-electron chi connectivity index (χ0n) is 15.2. The molecule has 8 heteroatoms. The molecule has 1 heterocycles. The molecule has 0 spiro atoms. The molecule has 3 aromatic rings. The van der Waals surface area contributed by atoms with Crippen LogP contribution in [0.15, 0.2) is 42.5 Å². The van der Waals surface area contributed by atoms with Gasteiger partial charge in [0.15, 0.2) is 0 Å². The van der Waals surface area contributed by atoms with E-state index in [0.717, 1.165) is 6.07 Å². The molecule has 0 aliphatic carbocycles. The van der Waals surface area contributed by atoms with Crippen LogP contribution in [-0.4, -0.2) is 29.2 Å². The molecule has 0 aliphatic heterocycles. The van der Waals surface area contributed by atoms with Crippen LogP contribution < -0.4 is 4.74 Å². The van der Waals surface area contributed by atoms with Gasteiger partial charge in [-0.3, -0.25) is 0 Å². The van der Waals surface area contributed by atoms with Crippen LogP contribution in [0.2, 0.25) is 0 Å². The van der Waals surface area contributed by atoms with E-state index >= 15 is 0 Å². The molecule has 0 atom stereocenters. The number of ether oxygens (including phenoxy) is 2. The minimum absolute atomic E-state index is 0.0245. The van der Waals surface area contributed by atoms with E-state index < -0.39 is 17.7 Å². The second kappa shape index (κ2) is 7.84. The van der Waals surface area contributed by atoms with Gasteiger partial charge in [0.1, 0.15) is 0 Å². The quantitative estimate of drug-likeness (QED) is 0.581. The lowest BCUT2D eigenvalue weighted by Crippen LogP contribution is -2.13. The third-order valence-corrected chi connectivity index (χ3v) is 3.91. The number of rotatable bonds is 5. The van der Waals surface area contributed by atoms with Gasteiger partial charge in [0, 0.05) is 0 Å². The molecule has 0 saturated heterocycles. The number of fused-ring (bicyclic) bond motifs is 1. The molecule has 5 nitrogen and oxygen atoms in total. The zero-order chi connectivity index (χ0) is 20.3. The van der Waals surface area contributed by atoms with Crippen molar-refractivity contribution < 1.29 is 27.4 Å². The SMILES string of the molecule is CCOC(=O)c1nc2cc(-c3ccccc3)c(C(F)(F)F)cc2nc1OCC. The number of benzene rings is 2. The van der Waals surface area contributed by atoms with Crippen molar-refractivity contribution in [1.29, 1.82) is 0 Å². The van der Waals surface area contributed by atoms with Gasteiger partial charge in [0.05, 0.1) is 29.8 Å². The fraction of sp³-hybridized carbons (Fsp3) is 0.250. The number of hydrogen-bond acceptors (Lipinski definition) is 5. The van der Waals surface area contributed by atoms with Crippen molar-refractivity contribution >= 4 is 17.0 Å². The second-order valence-corrected chi connectivity index (χ2v) is 5.78. The first-order chi connectivity index (χ1) is 13.3. The summed E-state index contributed by atoms with van der Waals surface area (Å²) in [6.07, 6.45) is -4.59. The van der Waals surface area contributed by atoms with Gasteiger partial charge >= 0.3 is 12.1 Å². The fourth-order valence-corrected chi connectivity index (χ4v) is 2.75. The maximum Gasteiger partial charge on any atom is 0.417 e. The largest absolute Gasteiger partial charge is 0.476 e. The Kier molecular flexibility index (Phi) is 5.48. The van der Waals surface area contributed by atoms with Gasteiger partial charge in [-0.05, 0) is 37.1 Å². The van der Waals surface area contributed by atoms with Crippen molar-refractivity contribution in [2.45, 2.75) is 20.0 Å². The highest BCUT2D eigenvalue weighted by Gasteiger charge is 2.35. The zero-order valence-corrected chi connectivity index (χ0v) is 15.2. The summed E-state index contributed by atoms with van der Waals surface area (Å²) in [6.45, 7) is 3.59. The summed E-state index contributed by atoms with van der Waals surface area (Å²) in [6, 6.07) is 10.3.